The van der Waals surface area contributed by atoms with Gasteiger partial charge in [-0.1, -0.05) is 12.1 Å². The Morgan fingerprint density at radius 1 is 1.15 bits per heavy atom. The molecule has 10 heteroatoms. The van der Waals surface area contributed by atoms with Crippen molar-refractivity contribution in [2.24, 2.45) is 4.99 Å². The molecule has 0 aliphatic heterocycles. The molecule has 2 aromatic rings. The van der Waals surface area contributed by atoms with Crippen LogP contribution in [-0.4, -0.2) is 36.1 Å². The number of aromatic nitrogens is 2. The van der Waals surface area contributed by atoms with Crippen molar-refractivity contribution >= 4 is 11.9 Å². The number of aryl methyl sites for hydroxylation is 1. The number of alkyl halides is 3. The lowest BCUT2D eigenvalue weighted by atomic mass is 10.1. The van der Waals surface area contributed by atoms with Crippen molar-refractivity contribution in [1.82, 2.24) is 20.6 Å². The maximum Gasteiger partial charge on any atom is 0.433 e. The van der Waals surface area contributed by atoms with E-state index < -0.39 is 11.9 Å². The average molecular weight is 384 g/mol. The van der Waals surface area contributed by atoms with Gasteiger partial charge in [0.2, 0.25) is 5.95 Å². The number of anilines is 1. The number of guanidine groups is 1. The molecule has 0 bridgehead atoms. The summed E-state index contributed by atoms with van der Waals surface area (Å²) in [7, 11) is 1.59. The maximum atomic E-state index is 13.3. The van der Waals surface area contributed by atoms with E-state index in [-0.39, 0.29) is 18.3 Å². The molecule has 0 atom stereocenters. The highest BCUT2D eigenvalue weighted by molar-refractivity contribution is 5.79. The summed E-state index contributed by atoms with van der Waals surface area (Å²) in [4.78, 5) is 11.2. The average Bonchev–Trinajstić information content (AvgIpc) is 2.63. The van der Waals surface area contributed by atoms with Crippen LogP contribution in [0.4, 0.5) is 23.5 Å². The van der Waals surface area contributed by atoms with Crippen molar-refractivity contribution in [3.63, 3.8) is 0 Å². The van der Waals surface area contributed by atoms with E-state index in [2.05, 4.69) is 30.9 Å². The smallest absolute Gasteiger partial charge is 0.355 e. The number of nitrogens with zero attached hydrogens (tertiary/aromatic N) is 3. The summed E-state index contributed by atoms with van der Waals surface area (Å²) in [6.07, 6.45) is -3.46. The van der Waals surface area contributed by atoms with Crippen LogP contribution < -0.4 is 16.0 Å². The van der Waals surface area contributed by atoms with E-state index in [1.807, 2.05) is 0 Å². The molecule has 2 rings (SSSR count). The molecule has 27 heavy (non-hydrogen) atoms. The van der Waals surface area contributed by atoms with Crippen LogP contribution in [0.15, 0.2) is 35.5 Å². The molecule has 0 unspecified atom stereocenters. The van der Waals surface area contributed by atoms with Crippen LogP contribution in [0.3, 0.4) is 0 Å². The maximum absolute atomic E-state index is 13.3. The number of rotatable bonds is 6. The van der Waals surface area contributed by atoms with Gasteiger partial charge in [-0.05, 0) is 30.2 Å². The molecule has 0 spiro atoms. The van der Waals surface area contributed by atoms with E-state index in [0.29, 0.717) is 24.6 Å². The first-order valence-electron chi connectivity index (χ1n) is 8.13. The molecule has 6 nitrogen and oxygen atoms in total. The lowest BCUT2D eigenvalue weighted by molar-refractivity contribution is -0.141. The normalized spacial score (nSPS) is 12.0. The predicted molar refractivity (Wildman–Crippen MR) is 94.9 cm³/mol. The predicted octanol–water partition coefficient (Wildman–Crippen LogP) is 2.72. The van der Waals surface area contributed by atoms with Gasteiger partial charge < -0.3 is 16.0 Å². The number of hydrogen-bond donors (Lipinski definition) is 3. The largest absolute Gasteiger partial charge is 0.433 e. The van der Waals surface area contributed by atoms with Crippen molar-refractivity contribution in [3.8, 4) is 0 Å². The minimum atomic E-state index is -4.51. The first kappa shape index (κ1) is 20.4. The number of hydrogen-bond acceptors (Lipinski definition) is 4. The Kier molecular flexibility index (Phi) is 6.91. The number of halogens is 4. The topological polar surface area (TPSA) is 74.2 Å². The minimum Gasteiger partial charge on any atom is -0.355 e. The third kappa shape index (κ3) is 6.39. The Hall–Kier alpha value is -2.91. The highest BCUT2D eigenvalue weighted by Gasteiger charge is 2.32. The van der Waals surface area contributed by atoms with Gasteiger partial charge in [0.05, 0.1) is 0 Å². The molecule has 1 aromatic heterocycles. The molecule has 0 aliphatic carbocycles. The van der Waals surface area contributed by atoms with E-state index in [9.17, 15) is 17.6 Å². The van der Waals surface area contributed by atoms with Crippen molar-refractivity contribution in [2.45, 2.75) is 19.6 Å². The second-order valence-corrected chi connectivity index (χ2v) is 5.63. The standard InChI is InChI=1S/C17H20F4N6/c1-11-9-12(3-4-13(11)18)10-26-15(22-2)24-7-8-25-16-23-6-5-14(27-16)17(19,20)21/h3-6,9H,7-8,10H2,1-2H3,(H2,22,24,26)(H,23,25,27). The van der Waals surface area contributed by atoms with Gasteiger partial charge in [-0.25, -0.2) is 14.4 Å². The molecule has 1 heterocycles. The van der Waals surface area contributed by atoms with Gasteiger partial charge in [-0.3, -0.25) is 4.99 Å². The third-order valence-corrected chi connectivity index (χ3v) is 3.55. The van der Waals surface area contributed by atoms with Gasteiger partial charge in [0.15, 0.2) is 5.96 Å². The molecule has 0 radical (unpaired) electrons. The molecule has 146 valence electrons. The zero-order valence-electron chi connectivity index (χ0n) is 14.9. The Morgan fingerprint density at radius 3 is 2.59 bits per heavy atom. The summed E-state index contributed by atoms with van der Waals surface area (Å²) in [5.74, 6) is 0.143. The van der Waals surface area contributed by atoms with Crippen LogP contribution in [0.25, 0.3) is 0 Å². The molecule has 0 aliphatic rings. The van der Waals surface area contributed by atoms with E-state index in [1.165, 1.54) is 6.07 Å². The second-order valence-electron chi connectivity index (χ2n) is 5.63. The highest BCUT2D eigenvalue weighted by Crippen LogP contribution is 2.27. The summed E-state index contributed by atoms with van der Waals surface area (Å²) < 4.78 is 51.1. The fourth-order valence-electron chi connectivity index (χ4n) is 2.18. The second kappa shape index (κ2) is 9.15. The summed E-state index contributed by atoms with van der Waals surface area (Å²) in [6, 6.07) is 5.63. The molecule has 3 N–H and O–H groups in total. The molecule has 0 saturated heterocycles. The lowest BCUT2D eigenvalue weighted by Gasteiger charge is -2.13. The number of aliphatic imine (C=N–C) groups is 1. The van der Waals surface area contributed by atoms with Crippen LogP contribution in [0.5, 0.6) is 0 Å². The van der Waals surface area contributed by atoms with E-state index >= 15 is 0 Å². The van der Waals surface area contributed by atoms with Crippen molar-refractivity contribution < 1.29 is 17.6 Å². The summed E-state index contributed by atoms with van der Waals surface area (Å²) in [6.45, 7) is 2.80. The Morgan fingerprint density at radius 2 is 1.93 bits per heavy atom. The Balaban J connectivity index is 1.77. The molecular weight excluding hydrogens is 364 g/mol. The Labute approximate surface area is 154 Å². The molecule has 1 aromatic carbocycles. The van der Waals surface area contributed by atoms with Crippen LogP contribution in [0, 0.1) is 12.7 Å². The number of nitrogens with one attached hydrogen (secondary N) is 3. The van der Waals surface area contributed by atoms with Gasteiger partial charge >= 0.3 is 6.18 Å². The highest BCUT2D eigenvalue weighted by atomic mass is 19.4. The molecule has 0 saturated carbocycles. The summed E-state index contributed by atoms with van der Waals surface area (Å²) in [5, 5.41) is 8.79. The van der Waals surface area contributed by atoms with E-state index in [1.54, 1.807) is 26.1 Å². The molecular formula is C17H20F4N6. The van der Waals surface area contributed by atoms with E-state index in [0.717, 1.165) is 17.8 Å². The lowest BCUT2D eigenvalue weighted by Crippen LogP contribution is -2.39. The van der Waals surface area contributed by atoms with Gasteiger partial charge in [0.1, 0.15) is 11.5 Å². The van der Waals surface area contributed by atoms with Crippen molar-refractivity contribution in [2.75, 3.05) is 25.5 Å². The Bertz CT molecular complexity index is 791. The summed E-state index contributed by atoms with van der Waals surface area (Å²) >= 11 is 0. The fraction of sp³-hybridized carbons (Fsp3) is 0.353. The zero-order valence-corrected chi connectivity index (χ0v) is 14.9. The summed E-state index contributed by atoms with van der Waals surface area (Å²) in [5.41, 5.74) is 0.454. The number of benzene rings is 1. The monoisotopic (exact) mass is 384 g/mol. The molecule has 0 fully saturated rings. The van der Waals surface area contributed by atoms with Gasteiger partial charge in [0.25, 0.3) is 0 Å². The molecule has 0 amide bonds. The first-order chi connectivity index (χ1) is 12.8. The fourth-order valence-corrected chi connectivity index (χ4v) is 2.18. The third-order valence-electron chi connectivity index (χ3n) is 3.55. The van der Waals surface area contributed by atoms with Crippen LogP contribution >= 0.6 is 0 Å². The first-order valence-corrected chi connectivity index (χ1v) is 8.13. The van der Waals surface area contributed by atoms with Crippen molar-refractivity contribution in [3.05, 3.63) is 53.1 Å². The van der Waals surface area contributed by atoms with Crippen molar-refractivity contribution in [1.29, 1.82) is 0 Å². The van der Waals surface area contributed by atoms with Gasteiger partial charge in [0, 0.05) is 32.9 Å². The van der Waals surface area contributed by atoms with Crippen LogP contribution in [-0.2, 0) is 12.7 Å². The van der Waals surface area contributed by atoms with E-state index in [4.69, 9.17) is 0 Å². The zero-order chi connectivity index (χ0) is 19.9. The van der Waals surface area contributed by atoms with Gasteiger partial charge in [-0.15, -0.1) is 0 Å². The van der Waals surface area contributed by atoms with Crippen LogP contribution in [0.2, 0.25) is 0 Å². The van der Waals surface area contributed by atoms with Crippen LogP contribution in [0.1, 0.15) is 16.8 Å². The minimum absolute atomic E-state index is 0.101. The quantitative estimate of drug-likeness (QED) is 0.309. The SMILES string of the molecule is CN=C(NCCNc1nccc(C(F)(F)F)n1)NCc1ccc(F)c(C)c1. The van der Waals surface area contributed by atoms with Gasteiger partial charge in [-0.2, -0.15) is 13.2 Å².